The zero-order valence-electron chi connectivity index (χ0n) is 9.13. The van der Waals surface area contributed by atoms with Crippen molar-refractivity contribution >= 4 is 57.7 Å². The number of carbonyl (C=O) groups is 1. The summed E-state index contributed by atoms with van der Waals surface area (Å²) in [4.78, 5) is 16.3. The maximum Gasteiger partial charge on any atom is 0.267 e. The molecular weight excluding hydrogens is 315 g/mol. The first-order valence-corrected chi connectivity index (χ1v) is 6.87. The van der Waals surface area contributed by atoms with Gasteiger partial charge in [0.15, 0.2) is 5.15 Å². The molecule has 1 amide bonds. The molecule has 1 N–H and O–H groups in total. The van der Waals surface area contributed by atoms with Gasteiger partial charge in [0.2, 0.25) is 0 Å². The highest BCUT2D eigenvalue weighted by Gasteiger charge is 2.15. The second-order valence-electron chi connectivity index (χ2n) is 3.48. The van der Waals surface area contributed by atoms with Crippen LogP contribution in [0.5, 0.6) is 0 Å². The molecule has 94 valence electrons. The number of thiophene rings is 1. The molecule has 3 nitrogen and oxygen atoms in total. The summed E-state index contributed by atoms with van der Waals surface area (Å²) in [5.41, 5.74) is 1.18. The molecule has 2 aromatic rings. The molecule has 0 aliphatic carbocycles. The van der Waals surface area contributed by atoms with Gasteiger partial charge in [-0.2, -0.15) is 0 Å². The van der Waals surface area contributed by atoms with Crippen molar-refractivity contribution in [3.8, 4) is 0 Å². The minimum absolute atomic E-state index is 0.154. The van der Waals surface area contributed by atoms with Crippen molar-refractivity contribution in [3.63, 3.8) is 0 Å². The van der Waals surface area contributed by atoms with Crippen LogP contribution in [-0.4, -0.2) is 10.9 Å². The van der Waals surface area contributed by atoms with Crippen LogP contribution in [0.1, 0.15) is 15.2 Å². The third-order valence-electron chi connectivity index (χ3n) is 2.20. The summed E-state index contributed by atoms with van der Waals surface area (Å²) >= 11 is 18.8. The first kappa shape index (κ1) is 13.6. The van der Waals surface area contributed by atoms with Crippen LogP contribution in [0.3, 0.4) is 0 Å². The Morgan fingerprint density at radius 3 is 2.67 bits per heavy atom. The van der Waals surface area contributed by atoms with E-state index in [0.717, 1.165) is 5.56 Å². The monoisotopic (exact) mass is 320 g/mol. The van der Waals surface area contributed by atoms with Gasteiger partial charge in [-0.05, 0) is 30.0 Å². The molecule has 18 heavy (non-hydrogen) atoms. The predicted octanol–water partition coefficient (Wildman–Crippen LogP) is 4.66. The predicted molar refractivity (Wildman–Crippen MR) is 76.3 cm³/mol. The molecule has 0 bridgehead atoms. The van der Waals surface area contributed by atoms with E-state index in [-0.39, 0.29) is 16.2 Å². The summed E-state index contributed by atoms with van der Waals surface area (Å²) in [5.74, 6) is -0.316. The molecular formula is C11H7Cl3N2OS. The molecule has 0 unspecified atom stereocenters. The number of nitrogens with one attached hydrogen (secondary N) is 1. The summed E-state index contributed by atoms with van der Waals surface area (Å²) in [6, 6.07) is 3.29. The molecule has 2 heterocycles. The summed E-state index contributed by atoms with van der Waals surface area (Å²) in [7, 11) is 0. The zero-order chi connectivity index (χ0) is 13.3. The SMILES string of the molecule is Cc1cc(Cl)nc(Cl)c1NC(=O)c1sccc1Cl. The van der Waals surface area contributed by atoms with Gasteiger partial charge < -0.3 is 5.32 Å². The highest BCUT2D eigenvalue weighted by atomic mass is 35.5. The van der Waals surface area contributed by atoms with Crippen LogP contribution in [0.25, 0.3) is 0 Å². The Labute approximate surface area is 123 Å². The average molecular weight is 322 g/mol. The number of hydrogen-bond acceptors (Lipinski definition) is 3. The highest BCUT2D eigenvalue weighted by molar-refractivity contribution is 7.12. The van der Waals surface area contributed by atoms with Crippen LogP contribution >= 0.6 is 46.1 Å². The van der Waals surface area contributed by atoms with Crippen LogP contribution in [0.4, 0.5) is 5.69 Å². The first-order chi connectivity index (χ1) is 8.49. The molecule has 2 aromatic heterocycles. The molecule has 0 atom stereocenters. The smallest absolute Gasteiger partial charge is 0.267 e. The van der Waals surface area contributed by atoms with Crippen LogP contribution in [0.2, 0.25) is 15.3 Å². The highest BCUT2D eigenvalue weighted by Crippen LogP contribution is 2.29. The number of hydrogen-bond donors (Lipinski definition) is 1. The second-order valence-corrected chi connectivity index (χ2v) is 5.55. The standard InChI is InChI=1S/C11H7Cl3N2OS/c1-5-4-7(13)15-10(14)8(5)16-11(17)9-6(12)2-3-18-9/h2-4H,1H3,(H,16,17). The van der Waals surface area contributed by atoms with Crippen molar-refractivity contribution in [2.45, 2.75) is 6.92 Å². The van der Waals surface area contributed by atoms with Crippen molar-refractivity contribution in [2.75, 3.05) is 5.32 Å². The van der Waals surface area contributed by atoms with Crippen LogP contribution in [0.15, 0.2) is 17.5 Å². The van der Waals surface area contributed by atoms with Gasteiger partial charge in [-0.3, -0.25) is 4.79 Å². The van der Waals surface area contributed by atoms with E-state index in [1.165, 1.54) is 11.3 Å². The van der Waals surface area contributed by atoms with Crippen LogP contribution in [-0.2, 0) is 0 Å². The number of anilines is 1. The van der Waals surface area contributed by atoms with E-state index in [9.17, 15) is 4.79 Å². The maximum absolute atomic E-state index is 12.0. The number of rotatable bonds is 2. The van der Waals surface area contributed by atoms with Gasteiger partial charge in [0, 0.05) is 0 Å². The summed E-state index contributed by atoms with van der Waals surface area (Å²) in [6.07, 6.45) is 0. The lowest BCUT2D eigenvalue weighted by Gasteiger charge is -2.09. The zero-order valence-corrected chi connectivity index (χ0v) is 12.2. The topological polar surface area (TPSA) is 42.0 Å². The van der Waals surface area contributed by atoms with Gasteiger partial charge in [-0.15, -0.1) is 11.3 Å². The van der Waals surface area contributed by atoms with E-state index >= 15 is 0 Å². The maximum atomic E-state index is 12.0. The Bertz CT molecular complexity index is 589. The molecule has 0 aliphatic rings. The number of pyridine rings is 1. The van der Waals surface area contributed by atoms with Crippen LogP contribution in [0, 0.1) is 6.92 Å². The van der Waals surface area contributed by atoms with Crippen molar-refractivity contribution in [1.82, 2.24) is 4.98 Å². The fourth-order valence-electron chi connectivity index (χ4n) is 1.37. The lowest BCUT2D eigenvalue weighted by Crippen LogP contribution is -2.12. The third kappa shape index (κ3) is 2.78. The second kappa shape index (κ2) is 5.45. The fraction of sp³-hybridized carbons (Fsp3) is 0.0909. The van der Waals surface area contributed by atoms with Gasteiger partial charge in [-0.25, -0.2) is 4.98 Å². The van der Waals surface area contributed by atoms with Crippen molar-refractivity contribution in [3.05, 3.63) is 43.3 Å². The quantitative estimate of drug-likeness (QED) is 0.817. The molecule has 0 fully saturated rings. The Morgan fingerprint density at radius 1 is 1.39 bits per heavy atom. The third-order valence-corrected chi connectivity index (χ3v) is 4.01. The van der Waals surface area contributed by atoms with Gasteiger partial charge in [0.1, 0.15) is 10.0 Å². The van der Waals surface area contributed by atoms with E-state index in [2.05, 4.69) is 10.3 Å². The summed E-state index contributed by atoms with van der Waals surface area (Å²) in [5, 5.41) is 5.27. The van der Waals surface area contributed by atoms with Crippen molar-refractivity contribution < 1.29 is 4.79 Å². The number of aryl methyl sites for hydroxylation is 1. The van der Waals surface area contributed by atoms with E-state index in [1.54, 1.807) is 24.4 Å². The van der Waals surface area contributed by atoms with Gasteiger partial charge in [0.05, 0.1) is 10.7 Å². The minimum atomic E-state index is -0.316. The fourth-order valence-corrected chi connectivity index (χ4v) is 2.99. The van der Waals surface area contributed by atoms with E-state index in [1.807, 2.05) is 0 Å². The Balaban J connectivity index is 2.31. The number of carbonyl (C=O) groups excluding carboxylic acids is 1. The van der Waals surface area contributed by atoms with E-state index in [0.29, 0.717) is 15.6 Å². The molecule has 0 saturated heterocycles. The largest absolute Gasteiger partial charge is 0.318 e. The molecule has 7 heteroatoms. The lowest BCUT2D eigenvalue weighted by molar-refractivity contribution is 0.103. The van der Waals surface area contributed by atoms with Crippen LogP contribution < -0.4 is 5.32 Å². The normalized spacial score (nSPS) is 10.4. The average Bonchev–Trinajstić information content (AvgIpc) is 2.69. The molecule has 0 saturated carbocycles. The lowest BCUT2D eigenvalue weighted by atomic mass is 10.2. The molecule has 0 spiro atoms. The van der Waals surface area contributed by atoms with Gasteiger partial charge in [0.25, 0.3) is 5.91 Å². The molecule has 0 aromatic carbocycles. The Hall–Kier alpha value is -0.810. The van der Waals surface area contributed by atoms with E-state index < -0.39 is 0 Å². The molecule has 2 rings (SSSR count). The Morgan fingerprint density at radius 2 is 2.11 bits per heavy atom. The van der Waals surface area contributed by atoms with Crippen molar-refractivity contribution in [2.24, 2.45) is 0 Å². The minimum Gasteiger partial charge on any atom is -0.318 e. The molecule has 0 aliphatic heterocycles. The number of nitrogens with zero attached hydrogens (tertiary/aromatic N) is 1. The number of halogens is 3. The molecule has 0 radical (unpaired) electrons. The number of amides is 1. The summed E-state index contributed by atoms with van der Waals surface area (Å²) < 4.78 is 0. The van der Waals surface area contributed by atoms with E-state index in [4.69, 9.17) is 34.8 Å². The van der Waals surface area contributed by atoms with Crippen molar-refractivity contribution in [1.29, 1.82) is 0 Å². The number of aromatic nitrogens is 1. The Kier molecular flexibility index (Phi) is 4.12. The summed E-state index contributed by atoms with van der Waals surface area (Å²) in [6.45, 7) is 1.78. The first-order valence-electron chi connectivity index (χ1n) is 4.86. The van der Waals surface area contributed by atoms with Gasteiger partial charge >= 0.3 is 0 Å². The van der Waals surface area contributed by atoms with Gasteiger partial charge in [-0.1, -0.05) is 34.8 Å².